The molecule has 4 rings (SSSR count). The van der Waals surface area contributed by atoms with Gasteiger partial charge in [-0.3, -0.25) is 14.9 Å². The number of likely N-dealkylation sites (N-methyl/N-ethyl adjacent to an activating group) is 1. The molecule has 1 saturated heterocycles. The van der Waals surface area contributed by atoms with Crippen molar-refractivity contribution in [3.8, 4) is 5.75 Å². The van der Waals surface area contributed by atoms with E-state index >= 15 is 0 Å². The van der Waals surface area contributed by atoms with E-state index in [4.69, 9.17) is 4.74 Å². The fourth-order valence-corrected chi connectivity index (χ4v) is 4.12. The molecule has 0 spiro atoms. The number of amides is 2. The third-order valence-electron chi connectivity index (χ3n) is 5.42. The summed E-state index contributed by atoms with van der Waals surface area (Å²) in [7, 11) is 3.67. The van der Waals surface area contributed by atoms with Crippen molar-refractivity contribution in [3.05, 3.63) is 58.2 Å². The van der Waals surface area contributed by atoms with E-state index in [1.54, 1.807) is 18.3 Å². The van der Waals surface area contributed by atoms with Crippen LogP contribution in [0.1, 0.15) is 15.9 Å². The minimum absolute atomic E-state index is 0.385. The van der Waals surface area contributed by atoms with E-state index in [2.05, 4.69) is 55.5 Å². The Morgan fingerprint density at radius 3 is 2.40 bits per heavy atom. The van der Waals surface area contributed by atoms with Gasteiger partial charge >= 0.3 is 0 Å². The summed E-state index contributed by atoms with van der Waals surface area (Å²) in [6, 6.07) is 11.5. The lowest BCUT2D eigenvalue weighted by molar-refractivity contribution is -0.114. The fraction of sp³-hybridized carbons (Fsp3) is 0.273. The van der Waals surface area contributed by atoms with Gasteiger partial charge in [0.15, 0.2) is 0 Å². The molecule has 2 aromatic carbocycles. The van der Waals surface area contributed by atoms with Crippen molar-refractivity contribution in [1.29, 1.82) is 0 Å². The molecule has 2 amide bonds. The normalized spacial score (nSPS) is 18.2. The average molecular weight is 471 g/mol. The molecule has 0 bridgehead atoms. The molecule has 2 aliphatic rings. The minimum Gasteiger partial charge on any atom is -0.496 e. The maximum absolute atomic E-state index is 12.4. The molecule has 0 radical (unpaired) electrons. The Labute approximate surface area is 183 Å². The number of rotatable bonds is 4. The largest absolute Gasteiger partial charge is 0.496 e. The molecule has 2 aromatic rings. The number of benzene rings is 2. The Morgan fingerprint density at radius 2 is 1.73 bits per heavy atom. The van der Waals surface area contributed by atoms with Crippen LogP contribution < -0.4 is 20.3 Å². The lowest BCUT2D eigenvalue weighted by Gasteiger charge is -2.34. The van der Waals surface area contributed by atoms with Crippen molar-refractivity contribution in [3.63, 3.8) is 0 Å². The molecule has 0 atom stereocenters. The topological polar surface area (TPSA) is 73.9 Å². The molecule has 2 aliphatic heterocycles. The van der Waals surface area contributed by atoms with Crippen LogP contribution in [0.5, 0.6) is 5.75 Å². The number of nitrogens with one attached hydrogen (secondary N) is 2. The van der Waals surface area contributed by atoms with Crippen molar-refractivity contribution in [1.82, 2.24) is 10.2 Å². The van der Waals surface area contributed by atoms with Gasteiger partial charge in [-0.2, -0.15) is 0 Å². The Bertz CT molecular complexity index is 1010. The number of carbonyl (C=O) groups is 2. The first-order valence-corrected chi connectivity index (χ1v) is 10.5. The van der Waals surface area contributed by atoms with E-state index < -0.39 is 11.8 Å². The molecular weight excluding hydrogens is 448 g/mol. The van der Waals surface area contributed by atoms with Crippen LogP contribution in [0.15, 0.2) is 47.1 Å². The zero-order valence-corrected chi connectivity index (χ0v) is 18.5. The Balaban J connectivity index is 1.55. The molecular formula is C22H23BrN4O3. The summed E-state index contributed by atoms with van der Waals surface area (Å²) in [4.78, 5) is 29.4. The highest BCUT2D eigenvalue weighted by Gasteiger charge is 2.28. The number of ether oxygens (including phenoxy) is 1. The predicted octanol–water partition coefficient (Wildman–Crippen LogP) is 2.93. The van der Waals surface area contributed by atoms with Crippen molar-refractivity contribution in [2.45, 2.75) is 0 Å². The number of hydrogen-bond acceptors (Lipinski definition) is 6. The highest BCUT2D eigenvalue weighted by molar-refractivity contribution is 9.10. The molecule has 2 N–H and O–H groups in total. The molecule has 30 heavy (non-hydrogen) atoms. The molecule has 1 fully saturated rings. The van der Waals surface area contributed by atoms with Crippen LogP contribution in [0.2, 0.25) is 0 Å². The van der Waals surface area contributed by atoms with Gasteiger partial charge in [0.05, 0.1) is 22.7 Å². The van der Waals surface area contributed by atoms with Crippen molar-refractivity contribution >= 4 is 44.7 Å². The van der Waals surface area contributed by atoms with Crippen LogP contribution in [0, 0.1) is 0 Å². The number of carbonyl (C=O) groups excluding carboxylic acids is 2. The van der Waals surface area contributed by atoms with Crippen LogP contribution >= 0.6 is 15.9 Å². The van der Waals surface area contributed by atoms with Gasteiger partial charge in [-0.25, -0.2) is 0 Å². The summed E-state index contributed by atoms with van der Waals surface area (Å²) in [5.74, 6) is -0.342. The van der Waals surface area contributed by atoms with Gasteiger partial charge in [0, 0.05) is 49.3 Å². The molecule has 2 heterocycles. The number of fused-ring (bicyclic) bond motifs is 1. The van der Waals surface area contributed by atoms with Crippen LogP contribution in [0.25, 0.3) is 5.57 Å². The quantitative estimate of drug-likeness (QED) is 0.528. The van der Waals surface area contributed by atoms with Gasteiger partial charge in [0.2, 0.25) is 0 Å². The van der Waals surface area contributed by atoms with Crippen LogP contribution in [-0.2, 0) is 4.79 Å². The van der Waals surface area contributed by atoms with E-state index in [1.807, 2.05) is 12.1 Å². The zero-order chi connectivity index (χ0) is 21.3. The van der Waals surface area contributed by atoms with Gasteiger partial charge in [-0.05, 0) is 59.4 Å². The van der Waals surface area contributed by atoms with Gasteiger partial charge in [0.1, 0.15) is 5.75 Å². The monoisotopic (exact) mass is 470 g/mol. The molecule has 0 aliphatic carbocycles. The van der Waals surface area contributed by atoms with Gasteiger partial charge in [0.25, 0.3) is 11.8 Å². The second kappa shape index (κ2) is 8.49. The summed E-state index contributed by atoms with van der Waals surface area (Å²) in [6.45, 7) is 4.13. The summed E-state index contributed by atoms with van der Waals surface area (Å²) in [5.41, 5.74) is 3.38. The molecule has 0 aromatic heterocycles. The number of methoxy groups -OCH3 is 1. The lowest BCUT2D eigenvalue weighted by Crippen LogP contribution is -2.44. The minimum atomic E-state index is -0.439. The third kappa shape index (κ3) is 4.06. The molecule has 7 nitrogen and oxygen atoms in total. The Morgan fingerprint density at radius 1 is 1.03 bits per heavy atom. The van der Waals surface area contributed by atoms with Crippen molar-refractivity contribution in [2.24, 2.45) is 0 Å². The van der Waals surface area contributed by atoms with E-state index in [1.165, 1.54) is 12.8 Å². The third-order valence-corrected chi connectivity index (χ3v) is 6.04. The second-order valence-electron chi connectivity index (χ2n) is 7.36. The first kappa shape index (κ1) is 20.4. The van der Waals surface area contributed by atoms with Gasteiger partial charge in [-0.1, -0.05) is 0 Å². The van der Waals surface area contributed by atoms with E-state index in [9.17, 15) is 9.59 Å². The molecule has 8 heteroatoms. The van der Waals surface area contributed by atoms with Crippen LogP contribution in [0.3, 0.4) is 0 Å². The van der Waals surface area contributed by atoms with E-state index in [0.717, 1.165) is 31.9 Å². The molecule has 0 unspecified atom stereocenters. The summed E-state index contributed by atoms with van der Waals surface area (Å²) in [6.07, 6.45) is 1.63. The predicted molar refractivity (Wildman–Crippen MR) is 121 cm³/mol. The van der Waals surface area contributed by atoms with Crippen LogP contribution in [0.4, 0.5) is 11.4 Å². The van der Waals surface area contributed by atoms with Gasteiger partial charge < -0.3 is 19.9 Å². The Kier molecular flexibility index (Phi) is 5.78. The summed E-state index contributed by atoms with van der Waals surface area (Å²) < 4.78 is 5.94. The maximum atomic E-state index is 12.4. The van der Waals surface area contributed by atoms with E-state index in [0.29, 0.717) is 26.9 Å². The van der Waals surface area contributed by atoms with Crippen molar-refractivity contribution in [2.75, 3.05) is 50.6 Å². The second-order valence-corrected chi connectivity index (χ2v) is 8.21. The lowest BCUT2D eigenvalue weighted by atomic mass is 9.95. The zero-order valence-electron chi connectivity index (χ0n) is 16.9. The Hall–Kier alpha value is -2.84. The number of piperazine rings is 1. The SMILES string of the molecule is COc1cc2c(cc1Br)/C(=C/Nc1ccc(N3CCN(C)CC3)cc1)C(=O)NC2=O. The molecule has 0 saturated carbocycles. The number of halogens is 1. The van der Waals surface area contributed by atoms with Crippen molar-refractivity contribution < 1.29 is 14.3 Å². The number of hydrogen-bond donors (Lipinski definition) is 2. The fourth-order valence-electron chi connectivity index (χ4n) is 3.61. The van der Waals surface area contributed by atoms with Crippen LogP contribution in [-0.4, -0.2) is 57.1 Å². The first-order valence-electron chi connectivity index (χ1n) is 9.70. The van der Waals surface area contributed by atoms with E-state index in [-0.39, 0.29) is 0 Å². The summed E-state index contributed by atoms with van der Waals surface area (Å²) >= 11 is 3.43. The smallest absolute Gasteiger partial charge is 0.260 e. The number of anilines is 2. The standard InChI is InChI=1S/C22H23BrN4O3/c1-26-7-9-27(10-8-26)15-5-3-14(4-6-15)24-13-18-16-11-19(23)20(30-2)12-17(16)21(28)25-22(18)29/h3-6,11-13,24H,7-10H2,1-2H3,(H,25,28,29)/b18-13-. The first-order chi connectivity index (χ1) is 14.5. The summed E-state index contributed by atoms with van der Waals surface area (Å²) in [5, 5.41) is 5.56. The maximum Gasteiger partial charge on any atom is 0.260 e. The number of imide groups is 1. The highest BCUT2D eigenvalue weighted by Crippen LogP contribution is 2.34. The molecule has 156 valence electrons. The number of nitrogens with zero attached hydrogens (tertiary/aromatic N) is 2. The average Bonchev–Trinajstić information content (AvgIpc) is 2.74. The van der Waals surface area contributed by atoms with Gasteiger partial charge in [-0.15, -0.1) is 0 Å². The highest BCUT2D eigenvalue weighted by atomic mass is 79.9.